The van der Waals surface area contributed by atoms with Gasteiger partial charge in [0.05, 0.1) is 5.56 Å². The van der Waals surface area contributed by atoms with Gasteiger partial charge in [0.1, 0.15) is 35.1 Å². The molecule has 33 heavy (non-hydrogen) atoms. The number of para-hydroxylation sites is 1. The third-order valence-electron chi connectivity index (χ3n) is 5.40. The van der Waals surface area contributed by atoms with Gasteiger partial charge in [-0.3, -0.25) is 4.79 Å². The first-order valence-corrected chi connectivity index (χ1v) is 12.1. The van der Waals surface area contributed by atoms with E-state index in [-0.39, 0.29) is 5.57 Å². The Morgan fingerprint density at radius 3 is 2.64 bits per heavy atom. The lowest BCUT2D eigenvalue weighted by atomic mass is 9.96. The van der Waals surface area contributed by atoms with Crippen molar-refractivity contribution in [2.45, 2.75) is 32.3 Å². The van der Waals surface area contributed by atoms with Gasteiger partial charge in [-0.1, -0.05) is 46.3 Å². The smallest absolute Gasteiger partial charge is 0.266 e. The standard InChI is InChI=1S/C26H20BrN3O2S/c27-20-11-9-17(10-12-20)16-32-23-7-3-1-5-18(23)13-19(14-28)25(31)30-26-22(15-29)21-6-2-4-8-24(21)33-26/h1,3,5,7,9-13H,2,4,6,8,16H2,(H,30,31)/b19-13+. The molecule has 0 bridgehead atoms. The predicted molar refractivity (Wildman–Crippen MR) is 133 cm³/mol. The third-order valence-corrected chi connectivity index (χ3v) is 7.14. The van der Waals surface area contributed by atoms with Crippen molar-refractivity contribution in [3.63, 3.8) is 0 Å². The van der Waals surface area contributed by atoms with Crippen LogP contribution in [0.1, 0.15) is 40.0 Å². The molecule has 0 aliphatic heterocycles. The molecular formula is C26H20BrN3O2S. The second kappa shape index (κ2) is 10.5. The molecule has 0 saturated heterocycles. The Hall–Kier alpha value is -3.39. The first-order valence-electron chi connectivity index (χ1n) is 10.5. The van der Waals surface area contributed by atoms with Crippen molar-refractivity contribution in [1.82, 2.24) is 0 Å². The van der Waals surface area contributed by atoms with Crippen LogP contribution in [-0.2, 0) is 24.2 Å². The molecule has 7 heteroatoms. The quantitative estimate of drug-likeness (QED) is 0.303. The second-order valence-corrected chi connectivity index (χ2v) is 9.62. The Kier molecular flexibility index (Phi) is 7.24. The normalized spacial score (nSPS) is 12.9. The van der Waals surface area contributed by atoms with Crippen LogP contribution in [-0.4, -0.2) is 5.91 Å². The van der Waals surface area contributed by atoms with Crippen LogP contribution < -0.4 is 10.1 Å². The van der Waals surface area contributed by atoms with Crippen molar-refractivity contribution in [2.75, 3.05) is 5.32 Å². The number of rotatable bonds is 6. The number of ether oxygens (including phenoxy) is 1. The maximum absolute atomic E-state index is 12.9. The van der Waals surface area contributed by atoms with Gasteiger partial charge in [0.2, 0.25) is 0 Å². The van der Waals surface area contributed by atoms with E-state index in [0.29, 0.717) is 28.5 Å². The summed E-state index contributed by atoms with van der Waals surface area (Å²) < 4.78 is 6.95. The summed E-state index contributed by atoms with van der Waals surface area (Å²) in [6.07, 6.45) is 5.44. The molecule has 1 amide bonds. The Morgan fingerprint density at radius 2 is 1.88 bits per heavy atom. The van der Waals surface area contributed by atoms with E-state index >= 15 is 0 Å². The van der Waals surface area contributed by atoms with Gasteiger partial charge in [0.15, 0.2) is 0 Å². The number of amides is 1. The van der Waals surface area contributed by atoms with E-state index in [1.807, 2.05) is 42.5 Å². The fourth-order valence-corrected chi connectivity index (χ4v) is 5.22. The molecular weight excluding hydrogens is 498 g/mol. The number of halogens is 1. The van der Waals surface area contributed by atoms with Crippen molar-refractivity contribution in [1.29, 1.82) is 10.5 Å². The van der Waals surface area contributed by atoms with E-state index in [0.717, 1.165) is 46.2 Å². The number of hydrogen-bond donors (Lipinski definition) is 1. The SMILES string of the molecule is N#C/C(=C\c1ccccc1OCc1ccc(Br)cc1)C(=O)Nc1sc2c(c1C#N)CCCC2. The Bertz CT molecular complexity index is 1300. The molecule has 1 aromatic heterocycles. The van der Waals surface area contributed by atoms with E-state index in [1.165, 1.54) is 17.4 Å². The van der Waals surface area contributed by atoms with Gasteiger partial charge >= 0.3 is 0 Å². The number of thiophene rings is 1. The molecule has 0 saturated carbocycles. The van der Waals surface area contributed by atoms with Crippen molar-refractivity contribution in [3.8, 4) is 17.9 Å². The Morgan fingerprint density at radius 1 is 1.12 bits per heavy atom. The van der Waals surface area contributed by atoms with E-state index < -0.39 is 5.91 Å². The molecule has 0 radical (unpaired) electrons. The Balaban J connectivity index is 1.54. The molecule has 1 N–H and O–H groups in total. The lowest BCUT2D eigenvalue weighted by Crippen LogP contribution is -2.13. The zero-order valence-electron chi connectivity index (χ0n) is 17.7. The molecule has 0 atom stereocenters. The summed E-state index contributed by atoms with van der Waals surface area (Å²) in [4.78, 5) is 14.1. The van der Waals surface area contributed by atoms with Gasteiger partial charge in [-0.15, -0.1) is 11.3 Å². The number of hydrogen-bond acceptors (Lipinski definition) is 5. The Labute approximate surface area is 205 Å². The van der Waals surface area contributed by atoms with Crippen LogP contribution in [0.25, 0.3) is 6.08 Å². The number of benzene rings is 2. The molecule has 164 valence electrons. The van der Waals surface area contributed by atoms with Crippen LogP contribution in [0, 0.1) is 22.7 Å². The van der Waals surface area contributed by atoms with Crippen LogP contribution in [0.5, 0.6) is 5.75 Å². The molecule has 0 fully saturated rings. The van der Waals surface area contributed by atoms with Gasteiger partial charge in [-0.05, 0) is 61.1 Å². The van der Waals surface area contributed by atoms with Crippen LogP contribution >= 0.6 is 27.3 Å². The molecule has 5 nitrogen and oxygen atoms in total. The summed E-state index contributed by atoms with van der Waals surface area (Å²) >= 11 is 4.86. The maximum Gasteiger partial charge on any atom is 0.266 e. The number of carbonyl (C=O) groups is 1. The van der Waals surface area contributed by atoms with Gasteiger partial charge in [-0.2, -0.15) is 10.5 Å². The molecule has 3 aromatic rings. The van der Waals surface area contributed by atoms with Crippen LogP contribution in [0.3, 0.4) is 0 Å². The summed E-state index contributed by atoms with van der Waals surface area (Å²) in [7, 11) is 0. The van der Waals surface area contributed by atoms with Gasteiger partial charge < -0.3 is 10.1 Å². The minimum absolute atomic E-state index is 0.0510. The highest BCUT2D eigenvalue weighted by molar-refractivity contribution is 9.10. The number of aryl methyl sites for hydroxylation is 1. The highest BCUT2D eigenvalue weighted by Crippen LogP contribution is 2.37. The van der Waals surface area contributed by atoms with E-state index in [2.05, 4.69) is 27.3 Å². The number of anilines is 1. The number of fused-ring (bicyclic) bond motifs is 1. The fraction of sp³-hybridized carbons (Fsp3) is 0.192. The zero-order chi connectivity index (χ0) is 23.2. The number of nitriles is 2. The van der Waals surface area contributed by atoms with Crippen LogP contribution in [0.15, 0.2) is 58.6 Å². The first kappa shape index (κ1) is 22.8. The third kappa shape index (κ3) is 5.34. The lowest BCUT2D eigenvalue weighted by Gasteiger charge is -2.10. The topological polar surface area (TPSA) is 85.9 Å². The average molecular weight is 518 g/mol. The number of carbonyl (C=O) groups excluding carboxylic acids is 1. The van der Waals surface area contributed by atoms with Gasteiger partial charge in [0, 0.05) is 14.9 Å². The minimum atomic E-state index is -0.532. The monoisotopic (exact) mass is 517 g/mol. The number of nitrogens with zero attached hydrogens (tertiary/aromatic N) is 2. The number of nitrogens with one attached hydrogen (secondary N) is 1. The molecule has 1 aliphatic rings. The van der Waals surface area contributed by atoms with Gasteiger partial charge in [-0.25, -0.2) is 0 Å². The van der Waals surface area contributed by atoms with E-state index in [9.17, 15) is 15.3 Å². The fourth-order valence-electron chi connectivity index (χ4n) is 3.72. The lowest BCUT2D eigenvalue weighted by molar-refractivity contribution is -0.112. The summed E-state index contributed by atoms with van der Waals surface area (Å²) in [5.74, 6) is 0.0422. The summed E-state index contributed by atoms with van der Waals surface area (Å²) in [6, 6.07) is 19.3. The highest BCUT2D eigenvalue weighted by Gasteiger charge is 2.22. The zero-order valence-corrected chi connectivity index (χ0v) is 20.1. The first-order chi connectivity index (χ1) is 16.1. The summed E-state index contributed by atoms with van der Waals surface area (Å²) in [6.45, 7) is 0.360. The molecule has 4 rings (SSSR count). The van der Waals surface area contributed by atoms with Gasteiger partial charge in [0.25, 0.3) is 5.91 Å². The average Bonchev–Trinajstić information content (AvgIpc) is 3.19. The van der Waals surface area contributed by atoms with Crippen LogP contribution in [0.4, 0.5) is 5.00 Å². The van der Waals surface area contributed by atoms with Crippen molar-refractivity contribution in [2.24, 2.45) is 0 Å². The predicted octanol–water partition coefficient (Wildman–Crippen LogP) is 6.39. The van der Waals surface area contributed by atoms with Crippen LogP contribution in [0.2, 0.25) is 0 Å². The summed E-state index contributed by atoms with van der Waals surface area (Å²) in [5, 5.41) is 22.6. The molecule has 0 spiro atoms. The van der Waals surface area contributed by atoms with E-state index in [1.54, 1.807) is 12.1 Å². The molecule has 1 aliphatic carbocycles. The van der Waals surface area contributed by atoms with Crippen molar-refractivity contribution < 1.29 is 9.53 Å². The second-order valence-electron chi connectivity index (χ2n) is 7.60. The van der Waals surface area contributed by atoms with Crippen molar-refractivity contribution >= 4 is 44.3 Å². The molecule has 2 aromatic carbocycles. The minimum Gasteiger partial charge on any atom is -0.488 e. The van der Waals surface area contributed by atoms with E-state index in [4.69, 9.17) is 4.74 Å². The summed E-state index contributed by atoms with van der Waals surface area (Å²) in [5.41, 5.74) is 3.15. The largest absolute Gasteiger partial charge is 0.488 e. The van der Waals surface area contributed by atoms with Crippen molar-refractivity contribution in [3.05, 3.63) is 85.7 Å². The molecule has 1 heterocycles. The molecule has 0 unspecified atom stereocenters. The highest BCUT2D eigenvalue weighted by atomic mass is 79.9. The maximum atomic E-state index is 12.9.